The number of nitrogens with zero attached hydrogens (tertiary/aromatic N) is 4. The summed E-state index contributed by atoms with van der Waals surface area (Å²) in [5, 5.41) is 3.63. The van der Waals surface area contributed by atoms with Crippen LogP contribution >= 0.6 is 27.4 Å². The van der Waals surface area contributed by atoms with Gasteiger partial charge in [0.2, 0.25) is 0 Å². The Morgan fingerprint density at radius 2 is 1.25 bits per heavy atom. The molecule has 17 nitrogen and oxygen atoms in total. The first kappa shape index (κ1) is 61.2. The van der Waals surface area contributed by atoms with Crippen LogP contribution in [0.3, 0.4) is 0 Å². The lowest BCUT2D eigenvalue weighted by Crippen LogP contribution is -2.33. The molecule has 20 heteroatoms. The van der Waals surface area contributed by atoms with Crippen LogP contribution in [0.15, 0.2) is 20.9 Å². The number of aromatic amines is 1. The van der Waals surface area contributed by atoms with Crippen LogP contribution in [-0.2, 0) is 36.8 Å². The highest BCUT2D eigenvalue weighted by molar-refractivity contribution is 7.99. The molecular formula is C47H87N5O12P2S. The van der Waals surface area contributed by atoms with Crippen LogP contribution in [0.4, 0.5) is 0 Å². The molecule has 0 bridgehead atoms. The van der Waals surface area contributed by atoms with Gasteiger partial charge in [-0.25, -0.2) is 13.9 Å². The molecule has 0 saturated carbocycles. The zero-order valence-electron chi connectivity index (χ0n) is 41.2. The largest absolute Gasteiger partial charge is 0.481 e. The number of unbranched alkanes of at least 4 members (excludes halogenated alkanes) is 27. The Morgan fingerprint density at radius 3 is 1.75 bits per heavy atom. The van der Waals surface area contributed by atoms with E-state index in [1.807, 2.05) is 0 Å². The van der Waals surface area contributed by atoms with Gasteiger partial charge in [-0.2, -0.15) is 16.1 Å². The number of phosphoric ester groups is 2. The molecule has 1 aromatic rings. The zero-order valence-corrected chi connectivity index (χ0v) is 43.8. The molecule has 67 heavy (non-hydrogen) atoms. The van der Waals surface area contributed by atoms with E-state index in [0.717, 1.165) is 48.8 Å². The number of aromatic nitrogens is 2. The highest BCUT2D eigenvalue weighted by atomic mass is 32.2. The Labute approximate surface area is 405 Å². The van der Waals surface area contributed by atoms with Gasteiger partial charge in [-0.1, -0.05) is 192 Å². The van der Waals surface area contributed by atoms with E-state index >= 15 is 0 Å². The van der Waals surface area contributed by atoms with Crippen molar-refractivity contribution < 1.29 is 46.5 Å². The third-order valence-electron chi connectivity index (χ3n) is 12.1. The number of ether oxygens (including phenoxy) is 2. The molecule has 1 aromatic heterocycles. The minimum atomic E-state index is -5.29. The second-order valence-corrected chi connectivity index (χ2v) is 22.4. The number of phosphoric acid groups is 2. The second-order valence-electron chi connectivity index (χ2n) is 18.2. The maximum absolute atomic E-state index is 13.0. The Balaban J connectivity index is 1.80. The summed E-state index contributed by atoms with van der Waals surface area (Å²) in [6, 6.07) is -0.974. The van der Waals surface area contributed by atoms with Crippen molar-refractivity contribution >= 4 is 33.4 Å². The molecule has 1 aliphatic heterocycles. The van der Waals surface area contributed by atoms with Crippen LogP contribution in [0.25, 0.3) is 10.4 Å². The Bertz CT molecular complexity index is 1730. The maximum Gasteiger partial charge on any atom is 0.481 e. The van der Waals surface area contributed by atoms with E-state index in [1.54, 1.807) is 11.8 Å². The average Bonchev–Trinajstić information content (AvgIpc) is 3.69. The maximum atomic E-state index is 13.0. The molecule has 3 unspecified atom stereocenters. The molecular weight excluding hydrogens is 921 g/mol. The minimum Gasteiger partial charge on any atom is -0.459 e. The monoisotopic (exact) mass is 1010 g/mol. The van der Waals surface area contributed by atoms with Crippen molar-refractivity contribution in [1.29, 1.82) is 0 Å². The van der Waals surface area contributed by atoms with Gasteiger partial charge < -0.3 is 19.3 Å². The highest BCUT2D eigenvalue weighted by Gasteiger charge is 2.41. The van der Waals surface area contributed by atoms with Crippen molar-refractivity contribution in [3.63, 3.8) is 0 Å². The first-order valence-electron chi connectivity index (χ1n) is 25.8. The number of azide groups is 1. The van der Waals surface area contributed by atoms with Crippen molar-refractivity contribution in [1.82, 2.24) is 9.55 Å². The number of carbonyl (C=O) groups is 1. The summed E-state index contributed by atoms with van der Waals surface area (Å²) in [7, 11) is -10.5. The molecule has 0 aromatic carbocycles. The number of aryl methyl sites for hydroxylation is 1. The number of nitrogens with one attached hydrogen (secondary N) is 1. The number of esters is 1. The van der Waals surface area contributed by atoms with Crippen LogP contribution < -0.4 is 11.2 Å². The van der Waals surface area contributed by atoms with Crippen molar-refractivity contribution in [2.24, 2.45) is 5.11 Å². The lowest BCUT2D eigenvalue weighted by atomic mass is 10.0. The molecule has 0 radical (unpaired) electrons. The number of hydrogen-bond acceptors (Lipinski definition) is 12. The SMILES string of the molecule is CCCCCCCCCCCCCCCCCCSCC(COP(=O)(O)OP(=O)(O)OC[C@H]1O[C@@H](n2cc(C)c(=O)[nH]c2=O)C[C@@H]1N=[N+]=[N-])OC(=O)CCCCCCCCCCCCCCC. The van der Waals surface area contributed by atoms with Crippen LogP contribution in [0.5, 0.6) is 0 Å². The quantitative estimate of drug-likeness (QED) is 0.0138. The normalized spacial score (nSPS) is 18.3. The first-order valence-corrected chi connectivity index (χ1v) is 29.9. The molecule has 1 saturated heterocycles. The number of H-pyrrole nitrogens is 1. The van der Waals surface area contributed by atoms with Crippen molar-refractivity contribution in [3.8, 4) is 0 Å². The van der Waals surface area contributed by atoms with Gasteiger partial charge in [0.15, 0.2) is 0 Å². The third-order valence-corrected chi connectivity index (χ3v) is 15.9. The standard InChI is InChI=1S/C47H87N5O12P2S/c1-4-6-8-10-12-14-16-18-19-20-22-24-26-28-30-32-34-67-39-41(62-45(53)33-31-29-27-25-23-21-17-15-13-11-9-7-5-2)37-60-65(56,57)64-66(58,59)61-38-43-42(50-51-48)35-44(63-43)52-36-40(3)46(54)49-47(52)55/h36,41-44H,4-35,37-39H2,1-3H3,(H,56,57)(H,58,59)(H,49,54,55)/t41?,42-,43+,44+/m0/s1. The van der Waals surface area contributed by atoms with E-state index in [-0.39, 0.29) is 24.2 Å². The van der Waals surface area contributed by atoms with Gasteiger partial charge >= 0.3 is 27.3 Å². The Hall–Kier alpha value is -1.97. The van der Waals surface area contributed by atoms with Gasteiger partial charge in [-0.05, 0) is 31.0 Å². The first-order chi connectivity index (χ1) is 32.3. The lowest BCUT2D eigenvalue weighted by molar-refractivity contribution is -0.149. The molecule has 2 rings (SSSR count). The van der Waals surface area contributed by atoms with E-state index < -0.39 is 70.6 Å². The van der Waals surface area contributed by atoms with Crippen LogP contribution in [0, 0.1) is 6.92 Å². The Morgan fingerprint density at radius 1 is 0.791 bits per heavy atom. The molecule has 1 fully saturated rings. The smallest absolute Gasteiger partial charge is 0.459 e. The van der Waals surface area contributed by atoms with Gasteiger partial charge in [0.1, 0.15) is 12.3 Å². The van der Waals surface area contributed by atoms with Crippen molar-refractivity contribution in [3.05, 3.63) is 43.0 Å². The predicted molar refractivity (Wildman–Crippen MR) is 267 cm³/mol. The number of hydrogen-bond donors (Lipinski definition) is 3. The van der Waals surface area contributed by atoms with Gasteiger partial charge in [-0.15, -0.1) is 0 Å². The fraction of sp³-hybridized carbons (Fsp3) is 0.894. The van der Waals surface area contributed by atoms with Crippen LogP contribution in [-0.4, -0.2) is 68.3 Å². The fourth-order valence-electron chi connectivity index (χ4n) is 8.16. The summed E-state index contributed by atoms with van der Waals surface area (Å²) in [6.07, 6.45) is 34.0. The van der Waals surface area contributed by atoms with Gasteiger partial charge in [0.25, 0.3) is 5.56 Å². The van der Waals surface area contributed by atoms with Crippen LogP contribution in [0.1, 0.15) is 225 Å². The van der Waals surface area contributed by atoms with E-state index in [1.165, 1.54) is 154 Å². The van der Waals surface area contributed by atoms with E-state index in [2.05, 4.69) is 33.2 Å². The molecule has 1 aliphatic rings. The molecule has 3 N–H and O–H groups in total. The van der Waals surface area contributed by atoms with Crippen molar-refractivity contribution in [2.45, 2.75) is 244 Å². The molecule has 2 heterocycles. The zero-order chi connectivity index (χ0) is 49.0. The summed E-state index contributed by atoms with van der Waals surface area (Å²) in [6.45, 7) is 4.67. The Kier molecular flexibility index (Phi) is 34.5. The third kappa shape index (κ3) is 30.4. The molecule has 6 atom stereocenters. The number of thioether (sulfide) groups is 1. The molecule has 0 aliphatic carbocycles. The average molecular weight is 1010 g/mol. The number of carbonyl (C=O) groups excluding carboxylic acids is 1. The van der Waals surface area contributed by atoms with Crippen molar-refractivity contribution in [2.75, 3.05) is 24.7 Å². The van der Waals surface area contributed by atoms with E-state index in [4.69, 9.17) is 24.1 Å². The summed E-state index contributed by atoms with van der Waals surface area (Å²) >= 11 is 1.54. The fourth-order valence-corrected chi connectivity index (χ4v) is 11.3. The summed E-state index contributed by atoms with van der Waals surface area (Å²) in [4.78, 5) is 63.0. The molecule has 0 spiro atoms. The highest BCUT2D eigenvalue weighted by Crippen LogP contribution is 2.60. The molecule has 0 amide bonds. The lowest BCUT2D eigenvalue weighted by Gasteiger charge is -2.22. The second kappa shape index (κ2) is 37.8. The van der Waals surface area contributed by atoms with E-state index in [9.17, 15) is 33.3 Å². The van der Waals surface area contributed by atoms with Gasteiger partial charge in [0, 0.05) is 35.3 Å². The molecule has 388 valence electrons. The van der Waals surface area contributed by atoms with Crippen LogP contribution in [0.2, 0.25) is 0 Å². The predicted octanol–water partition coefficient (Wildman–Crippen LogP) is 13.4. The van der Waals surface area contributed by atoms with Gasteiger partial charge in [0.05, 0.1) is 25.4 Å². The number of rotatable bonds is 44. The van der Waals surface area contributed by atoms with E-state index in [0.29, 0.717) is 6.42 Å². The minimum absolute atomic E-state index is 0.0430. The van der Waals surface area contributed by atoms with Gasteiger partial charge in [-0.3, -0.25) is 28.2 Å². The summed E-state index contributed by atoms with van der Waals surface area (Å²) in [5.41, 5.74) is 7.93. The summed E-state index contributed by atoms with van der Waals surface area (Å²) < 4.78 is 53.0. The summed E-state index contributed by atoms with van der Waals surface area (Å²) in [5.74, 6) is 0.638. The topological polar surface area (TPSA) is 241 Å².